The number of aromatic carboxylic acids is 1. The highest BCUT2D eigenvalue weighted by Crippen LogP contribution is 2.22. The first-order valence-electron chi connectivity index (χ1n) is 5.26. The number of rotatable bonds is 6. The van der Waals surface area contributed by atoms with Crippen molar-refractivity contribution >= 4 is 28.3 Å². The number of carboxylic acids is 1. The molecule has 0 aromatic carbocycles. The molecular formula is C10H13N3O5S. The topological polar surface area (TPSA) is 122 Å². The van der Waals surface area contributed by atoms with E-state index in [4.69, 9.17) is 5.11 Å². The zero-order valence-electron chi connectivity index (χ0n) is 10.3. The number of hydrogen-bond donors (Lipinski definition) is 2. The molecule has 9 heteroatoms. The maximum Gasteiger partial charge on any atom is 0.354 e. The van der Waals surface area contributed by atoms with Crippen LogP contribution in [0.2, 0.25) is 0 Å². The van der Waals surface area contributed by atoms with Gasteiger partial charge in [-0.2, -0.15) is 0 Å². The predicted molar refractivity (Wildman–Crippen MR) is 69.9 cm³/mol. The first-order chi connectivity index (χ1) is 8.81. The van der Waals surface area contributed by atoms with E-state index >= 15 is 0 Å². The van der Waals surface area contributed by atoms with E-state index in [1.165, 1.54) is 6.26 Å². The van der Waals surface area contributed by atoms with Crippen molar-refractivity contribution in [3.05, 3.63) is 27.9 Å². The van der Waals surface area contributed by atoms with Crippen molar-refractivity contribution in [2.24, 2.45) is 0 Å². The molecule has 8 nitrogen and oxygen atoms in total. The summed E-state index contributed by atoms with van der Waals surface area (Å²) in [6.07, 6.45) is 1.51. The number of nitro groups is 1. The van der Waals surface area contributed by atoms with Crippen LogP contribution in [0.5, 0.6) is 0 Å². The molecule has 0 aliphatic carbocycles. The summed E-state index contributed by atoms with van der Waals surface area (Å²) in [6, 6.07) is 1.81. The quantitative estimate of drug-likeness (QED) is 0.587. The van der Waals surface area contributed by atoms with Gasteiger partial charge in [0, 0.05) is 34.9 Å². The molecule has 0 radical (unpaired) electrons. The number of carboxylic acid groups (broad SMARTS) is 1. The molecule has 0 aliphatic heterocycles. The summed E-state index contributed by atoms with van der Waals surface area (Å²) in [5.41, 5.74) is -0.614. The normalized spacial score (nSPS) is 13.6. The van der Waals surface area contributed by atoms with Gasteiger partial charge in [-0.1, -0.05) is 0 Å². The van der Waals surface area contributed by atoms with Gasteiger partial charge in [-0.25, -0.2) is 9.78 Å². The van der Waals surface area contributed by atoms with Gasteiger partial charge in [-0.15, -0.1) is 0 Å². The van der Waals surface area contributed by atoms with Gasteiger partial charge in [0.2, 0.25) is 5.82 Å². The van der Waals surface area contributed by atoms with Gasteiger partial charge < -0.3 is 10.4 Å². The fourth-order valence-electron chi connectivity index (χ4n) is 1.45. The number of nitrogens with one attached hydrogen (secondary N) is 1. The molecule has 0 saturated carbocycles. The van der Waals surface area contributed by atoms with Crippen molar-refractivity contribution < 1.29 is 19.0 Å². The van der Waals surface area contributed by atoms with Crippen LogP contribution >= 0.6 is 0 Å². The molecule has 0 fully saturated rings. The fraction of sp³-hybridized carbons (Fsp3) is 0.400. The number of hydrogen-bond acceptors (Lipinski definition) is 6. The Hall–Kier alpha value is -2.03. The molecule has 2 N–H and O–H groups in total. The zero-order chi connectivity index (χ0) is 14.6. The average molecular weight is 287 g/mol. The van der Waals surface area contributed by atoms with Crippen LogP contribution < -0.4 is 5.32 Å². The Labute approximate surface area is 111 Å². The standard InChI is InChI=1S/C10H13N3O5S/c1-6(5-19(2)18)11-9-8(13(16)17)4-3-7(12-9)10(14)15/h3-4,6H,5H2,1-2H3,(H,11,12)(H,14,15). The van der Waals surface area contributed by atoms with E-state index in [0.29, 0.717) is 0 Å². The predicted octanol–water partition coefficient (Wildman–Crippen LogP) is 0.867. The molecule has 0 amide bonds. The number of carbonyl (C=O) groups is 1. The monoisotopic (exact) mass is 287 g/mol. The minimum Gasteiger partial charge on any atom is -0.477 e. The average Bonchev–Trinajstić information content (AvgIpc) is 2.26. The van der Waals surface area contributed by atoms with Crippen molar-refractivity contribution in [3.63, 3.8) is 0 Å². The molecule has 0 saturated heterocycles. The lowest BCUT2D eigenvalue weighted by molar-refractivity contribution is -0.384. The van der Waals surface area contributed by atoms with Crippen LogP contribution in [-0.4, -0.2) is 43.2 Å². The highest BCUT2D eigenvalue weighted by molar-refractivity contribution is 7.84. The minimum absolute atomic E-state index is 0.136. The van der Waals surface area contributed by atoms with E-state index in [1.54, 1.807) is 6.92 Å². The molecule has 2 unspecified atom stereocenters. The number of anilines is 1. The highest BCUT2D eigenvalue weighted by Gasteiger charge is 2.20. The lowest BCUT2D eigenvalue weighted by atomic mass is 10.3. The molecule has 1 aromatic heterocycles. The van der Waals surface area contributed by atoms with E-state index in [1.807, 2.05) is 0 Å². The van der Waals surface area contributed by atoms with E-state index in [-0.39, 0.29) is 29.0 Å². The Morgan fingerprint density at radius 3 is 2.74 bits per heavy atom. The minimum atomic E-state index is -1.27. The second-order valence-electron chi connectivity index (χ2n) is 3.91. The number of aromatic nitrogens is 1. The first kappa shape index (κ1) is 15.0. The molecule has 1 rings (SSSR count). The maximum absolute atomic E-state index is 11.1. The van der Waals surface area contributed by atoms with Gasteiger partial charge in [0.25, 0.3) is 0 Å². The van der Waals surface area contributed by atoms with Gasteiger partial charge >= 0.3 is 11.7 Å². The van der Waals surface area contributed by atoms with Gasteiger partial charge in [-0.05, 0) is 13.0 Å². The van der Waals surface area contributed by atoms with Gasteiger partial charge in [0.1, 0.15) is 0 Å². The van der Waals surface area contributed by atoms with Crippen LogP contribution in [0.1, 0.15) is 17.4 Å². The highest BCUT2D eigenvalue weighted by atomic mass is 32.2. The molecule has 0 spiro atoms. The molecule has 2 atom stereocenters. The summed E-state index contributed by atoms with van der Waals surface area (Å²) in [6.45, 7) is 1.68. The van der Waals surface area contributed by atoms with E-state index in [9.17, 15) is 19.1 Å². The molecule has 1 heterocycles. The number of nitrogens with zero attached hydrogens (tertiary/aromatic N) is 2. The molecule has 0 aliphatic rings. The second kappa shape index (κ2) is 6.23. The third-order valence-electron chi connectivity index (χ3n) is 2.16. The van der Waals surface area contributed by atoms with E-state index in [0.717, 1.165) is 12.1 Å². The van der Waals surface area contributed by atoms with Crippen LogP contribution in [0.3, 0.4) is 0 Å². The van der Waals surface area contributed by atoms with Gasteiger partial charge in [0.15, 0.2) is 5.69 Å². The summed E-state index contributed by atoms with van der Waals surface area (Å²) in [5, 5.41) is 22.3. The van der Waals surface area contributed by atoms with E-state index in [2.05, 4.69) is 10.3 Å². The van der Waals surface area contributed by atoms with Crippen LogP contribution in [0, 0.1) is 10.1 Å². The Bertz CT molecular complexity index is 534. The summed E-state index contributed by atoms with van der Waals surface area (Å²) < 4.78 is 11.1. The maximum atomic E-state index is 11.1. The molecular weight excluding hydrogens is 274 g/mol. The Morgan fingerprint density at radius 2 is 2.26 bits per heavy atom. The third-order valence-corrected chi connectivity index (χ3v) is 3.13. The Morgan fingerprint density at radius 1 is 1.63 bits per heavy atom. The lowest BCUT2D eigenvalue weighted by Crippen LogP contribution is -2.24. The Kier molecular flexibility index (Phi) is 4.93. The van der Waals surface area contributed by atoms with Crippen LogP contribution in [-0.2, 0) is 10.8 Å². The second-order valence-corrected chi connectivity index (χ2v) is 5.39. The van der Waals surface area contributed by atoms with Crippen LogP contribution in [0.4, 0.5) is 11.5 Å². The lowest BCUT2D eigenvalue weighted by Gasteiger charge is -2.13. The summed E-state index contributed by atoms with van der Waals surface area (Å²) in [4.78, 5) is 24.6. The zero-order valence-corrected chi connectivity index (χ0v) is 11.1. The third kappa shape index (κ3) is 4.28. The smallest absolute Gasteiger partial charge is 0.354 e. The van der Waals surface area contributed by atoms with Gasteiger partial charge in [0.05, 0.1) is 4.92 Å². The summed E-state index contributed by atoms with van der Waals surface area (Å²) in [7, 11) is -1.08. The molecule has 104 valence electrons. The largest absolute Gasteiger partial charge is 0.477 e. The van der Waals surface area contributed by atoms with E-state index < -0.39 is 21.7 Å². The summed E-state index contributed by atoms with van der Waals surface area (Å²) in [5.74, 6) is -1.14. The van der Waals surface area contributed by atoms with Crippen LogP contribution in [0.15, 0.2) is 12.1 Å². The van der Waals surface area contributed by atoms with Crippen molar-refractivity contribution in [2.75, 3.05) is 17.3 Å². The van der Waals surface area contributed by atoms with Crippen molar-refractivity contribution in [1.29, 1.82) is 0 Å². The van der Waals surface area contributed by atoms with Crippen molar-refractivity contribution in [2.45, 2.75) is 13.0 Å². The first-order valence-corrected chi connectivity index (χ1v) is 6.99. The van der Waals surface area contributed by atoms with Crippen LogP contribution in [0.25, 0.3) is 0 Å². The Balaban J connectivity index is 3.07. The molecule has 0 bridgehead atoms. The SMILES string of the molecule is CC(CS(C)=O)Nc1nc(C(=O)O)ccc1[N+](=O)[O-]. The number of pyridine rings is 1. The molecule has 19 heavy (non-hydrogen) atoms. The van der Waals surface area contributed by atoms with Crippen molar-refractivity contribution in [3.8, 4) is 0 Å². The summed E-state index contributed by atoms with van der Waals surface area (Å²) >= 11 is 0. The van der Waals surface area contributed by atoms with Crippen molar-refractivity contribution in [1.82, 2.24) is 4.98 Å². The molecule has 1 aromatic rings. The fourth-order valence-corrected chi connectivity index (χ4v) is 2.24. The van der Waals surface area contributed by atoms with Gasteiger partial charge in [-0.3, -0.25) is 14.3 Å².